The van der Waals surface area contributed by atoms with Crippen molar-refractivity contribution in [1.82, 2.24) is 9.97 Å². The maximum atomic E-state index is 8.82. The van der Waals surface area contributed by atoms with Gasteiger partial charge in [0.15, 0.2) is 0 Å². The summed E-state index contributed by atoms with van der Waals surface area (Å²) in [5.74, 6) is 1.03. The minimum Gasteiger partial charge on any atom is -0.496 e. The molecule has 0 spiro atoms. The molecule has 0 aliphatic carbocycles. The first-order valence-electron chi connectivity index (χ1n) is 5.54. The summed E-state index contributed by atoms with van der Waals surface area (Å²) >= 11 is 0. The molecular formula is C14H13N3O. The van der Waals surface area contributed by atoms with Gasteiger partial charge in [-0.2, -0.15) is 5.26 Å². The fourth-order valence-electron chi connectivity index (χ4n) is 1.85. The molecule has 0 saturated heterocycles. The smallest absolute Gasteiger partial charge is 0.232 e. The lowest BCUT2D eigenvalue weighted by Gasteiger charge is -2.10. The summed E-state index contributed by atoms with van der Waals surface area (Å²) in [6, 6.07) is 7.73. The molecule has 90 valence electrons. The molecule has 0 N–H and O–H groups in total. The number of aromatic nitrogens is 2. The van der Waals surface area contributed by atoms with Crippen LogP contribution in [-0.2, 0) is 0 Å². The van der Waals surface area contributed by atoms with Gasteiger partial charge in [-0.1, -0.05) is 0 Å². The maximum Gasteiger partial charge on any atom is 0.232 e. The van der Waals surface area contributed by atoms with Gasteiger partial charge in [-0.3, -0.25) is 0 Å². The van der Waals surface area contributed by atoms with Gasteiger partial charge in [0.2, 0.25) is 5.82 Å². The summed E-state index contributed by atoms with van der Waals surface area (Å²) in [4.78, 5) is 8.08. The molecule has 2 aromatic rings. The van der Waals surface area contributed by atoms with Crippen molar-refractivity contribution in [3.63, 3.8) is 0 Å². The molecular weight excluding hydrogens is 226 g/mol. The van der Waals surface area contributed by atoms with Crippen molar-refractivity contribution in [2.24, 2.45) is 0 Å². The zero-order valence-corrected chi connectivity index (χ0v) is 10.6. The molecule has 18 heavy (non-hydrogen) atoms. The van der Waals surface area contributed by atoms with E-state index in [1.54, 1.807) is 19.4 Å². The molecule has 0 unspecified atom stereocenters. The maximum absolute atomic E-state index is 8.82. The van der Waals surface area contributed by atoms with E-state index < -0.39 is 0 Å². The second-order valence-corrected chi connectivity index (χ2v) is 4.01. The van der Waals surface area contributed by atoms with E-state index in [1.807, 2.05) is 32.0 Å². The molecule has 0 atom stereocenters. The van der Waals surface area contributed by atoms with Gasteiger partial charge in [-0.25, -0.2) is 9.97 Å². The first-order chi connectivity index (χ1) is 8.65. The Morgan fingerprint density at radius 3 is 2.67 bits per heavy atom. The molecule has 0 saturated carbocycles. The SMILES string of the molecule is COc1cc(C)c(-c2ccnc(C#N)n2)cc1C. The lowest BCUT2D eigenvalue weighted by Crippen LogP contribution is -1.95. The second-order valence-electron chi connectivity index (χ2n) is 4.01. The fourth-order valence-corrected chi connectivity index (χ4v) is 1.85. The Labute approximate surface area is 106 Å². The van der Waals surface area contributed by atoms with Crippen molar-refractivity contribution in [3.8, 4) is 23.1 Å². The summed E-state index contributed by atoms with van der Waals surface area (Å²) in [5.41, 5.74) is 3.84. The number of hydrogen-bond acceptors (Lipinski definition) is 4. The van der Waals surface area contributed by atoms with Crippen LogP contribution in [0.15, 0.2) is 24.4 Å². The van der Waals surface area contributed by atoms with Crippen molar-refractivity contribution in [1.29, 1.82) is 5.26 Å². The van der Waals surface area contributed by atoms with Gasteiger partial charge in [-0.05, 0) is 43.2 Å². The van der Waals surface area contributed by atoms with Gasteiger partial charge in [0.1, 0.15) is 11.8 Å². The van der Waals surface area contributed by atoms with E-state index >= 15 is 0 Å². The monoisotopic (exact) mass is 239 g/mol. The third kappa shape index (κ3) is 2.16. The molecule has 4 nitrogen and oxygen atoms in total. The topological polar surface area (TPSA) is 58.8 Å². The Morgan fingerprint density at radius 2 is 2.00 bits per heavy atom. The van der Waals surface area contributed by atoms with Crippen LogP contribution < -0.4 is 4.74 Å². The molecule has 1 aromatic heterocycles. The normalized spacial score (nSPS) is 9.89. The minimum absolute atomic E-state index is 0.181. The zero-order valence-electron chi connectivity index (χ0n) is 10.6. The Bertz CT molecular complexity index is 629. The van der Waals surface area contributed by atoms with Crippen LogP contribution in [-0.4, -0.2) is 17.1 Å². The van der Waals surface area contributed by atoms with E-state index in [0.717, 1.165) is 28.1 Å². The van der Waals surface area contributed by atoms with Crippen molar-refractivity contribution in [2.75, 3.05) is 7.11 Å². The van der Waals surface area contributed by atoms with Crippen LogP contribution in [0.3, 0.4) is 0 Å². The van der Waals surface area contributed by atoms with E-state index in [0.29, 0.717) is 0 Å². The number of ether oxygens (including phenoxy) is 1. The Hall–Kier alpha value is -2.41. The number of aryl methyl sites for hydroxylation is 2. The Morgan fingerprint density at radius 1 is 1.22 bits per heavy atom. The molecule has 0 fully saturated rings. The van der Waals surface area contributed by atoms with E-state index in [2.05, 4.69) is 9.97 Å². The van der Waals surface area contributed by atoms with Crippen LogP contribution in [0.5, 0.6) is 5.75 Å². The molecule has 1 aromatic carbocycles. The fraction of sp³-hybridized carbons (Fsp3) is 0.214. The van der Waals surface area contributed by atoms with Crippen LogP contribution in [0.4, 0.5) is 0 Å². The van der Waals surface area contributed by atoms with Crippen molar-refractivity contribution in [2.45, 2.75) is 13.8 Å². The largest absolute Gasteiger partial charge is 0.496 e. The summed E-state index contributed by atoms with van der Waals surface area (Å²) in [6.07, 6.45) is 1.60. The van der Waals surface area contributed by atoms with Gasteiger partial charge in [0.05, 0.1) is 12.8 Å². The van der Waals surface area contributed by atoms with Crippen molar-refractivity contribution >= 4 is 0 Å². The lowest BCUT2D eigenvalue weighted by molar-refractivity contribution is 0.411. The number of nitriles is 1. The van der Waals surface area contributed by atoms with Crippen LogP contribution in [0, 0.1) is 25.2 Å². The number of hydrogen-bond donors (Lipinski definition) is 0. The molecule has 0 radical (unpaired) electrons. The molecule has 1 heterocycles. The first-order valence-corrected chi connectivity index (χ1v) is 5.54. The molecule has 4 heteroatoms. The number of rotatable bonds is 2. The van der Waals surface area contributed by atoms with Gasteiger partial charge < -0.3 is 4.74 Å². The van der Waals surface area contributed by atoms with Gasteiger partial charge in [0.25, 0.3) is 0 Å². The number of nitrogens with zero attached hydrogens (tertiary/aromatic N) is 3. The summed E-state index contributed by atoms with van der Waals surface area (Å²) in [5, 5.41) is 8.82. The summed E-state index contributed by atoms with van der Waals surface area (Å²) in [6.45, 7) is 3.97. The third-order valence-electron chi connectivity index (χ3n) is 2.77. The minimum atomic E-state index is 0.181. The van der Waals surface area contributed by atoms with Crippen LogP contribution in [0.1, 0.15) is 17.0 Å². The molecule has 0 aliphatic rings. The summed E-state index contributed by atoms with van der Waals surface area (Å²) < 4.78 is 5.28. The highest BCUT2D eigenvalue weighted by Gasteiger charge is 2.08. The predicted octanol–water partition coefficient (Wildman–Crippen LogP) is 2.64. The van der Waals surface area contributed by atoms with E-state index in [-0.39, 0.29) is 5.82 Å². The third-order valence-corrected chi connectivity index (χ3v) is 2.77. The highest BCUT2D eigenvalue weighted by Crippen LogP contribution is 2.28. The average Bonchev–Trinajstić information content (AvgIpc) is 2.41. The quantitative estimate of drug-likeness (QED) is 0.808. The zero-order chi connectivity index (χ0) is 13.1. The van der Waals surface area contributed by atoms with E-state index in [4.69, 9.17) is 10.00 Å². The van der Waals surface area contributed by atoms with Crippen LogP contribution in [0.2, 0.25) is 0 Å². The Kier molecular flexibility index (Phi) is 3.24. The summed E-state index contributed by atoms with van der Waals surface area (Å²) in [7, 11) is 1.65. The highest BCUT2D eigenvalue weighted by molar-refractivity contribution is 5.66. The van der Waals surface area contributed by atoms with E-state index in [1.165, 1.54) is 0 Å². The number of methoxy groups -OCH3 is 1. The van der Waals surface area contributed by atoms with Crippen molar-refractivity contribution < 1.29 is 4.74 Å². The lowest BCUT2D eigenvalue weighted by atomic mass is 10.0. The van der Waals surface area contributed by atoms with Gasteiger partial charge >= 0.3 is 0 Å². The van der Waals surface area contributed by atoms with Gasteiger partial charge in [-0.15, -0.1) is 0 Å². The predicted molar refractivity (Wildman–Crippen MR) is 68.2 cm³/mol. The standard InChI is InChI=1S/C14H13N3O/c1-9-7-13(18-3)10(2)6-11(9)12-4-5-16-14(8-15)17-12/h4-7H,1-3H3. The first kappa shape index (κ1) is 12.1. The molecule has 0 amide bonds. The molecule has 0 aliphatic heterocycles. The molecule has 2 rings (SSSR count). The molecule has 0 bridgehead atoms. The highest BCUT2D eigenvalue weighted by atomic mass is 16.5. The van der Waals surface area contributed by atoms with E-state index in [9.17, 15) is 0 Å². The number of benzene rings is 1. The second kappa shape index (κ2) is 4.84. The van der Waals surface area contributed by atoms with Gasteiger partial charge in [0, 0.05) is 11.8 Å². The van der Waals surface area contributed by atoms with Crippen LogP contribution in [0.25, 0.3) is 11.3 Å². The Balaban J connectivity index is 2.57. The average molecular weight is 239 g/mol. The van der Waals surface area contributed by atoms with Crippen LogP contribution >= 0.6 is 0 Å². The van der Waals surface area contributed by atoms with Crippen molar-refractivity contribution in [3.05, 3.63) is 41.3 Å².